The van der Waals surface area contributed by atoms with Crippen molar-refractivity contribution in [3.63, 3.8) is 0 Å². The topological polar surface area (TPSA) is 78.5 Å². The molecule has 1 aliphatic heterocycles. The zero-order valence-corrected chi connectivity index (χ0v) is 14.9. The van der Waals surface area contributed by atoms with E-state index < -0.39 is 22.6 Å². The van der Waals surface area contributed by atoms with Gasteiger partial charge >= 0.3 is 5.97 Å². The molecule has 0 aromatic heterocycles. The third-order valence-corrected chi connectivity index (χ3v) is 4.53. The van der Waals surface area contributed by atoms with Crippen molar-refractivity contribution < 1.29 is 19.5 Å². The number of nitrogens with zero attached hydrogens (tertiary/aromatic N) is 1. The molecule has 0 bridgehead atoms. The molecule has 1 heterocycles. The fourth-order valence-corrected chi connectivity index (χ4v) is 3.86. The molecule has 0 saturated carbocycles. The Labute approximate surface area is 142 Å². The van der Waals surface area contributed by atoms with Crippen molar-refractivity contribution in [1.29, 1.82) is 0 Å². The normalized spacial score (nSPS) is 21.8. The van der Waals surface area contributed by atoms with Gasteiger partial charge in [0.2, 0.25) is 0 Å². The number of hydroxylamine groups is 2. The van der Waals surface area contributed by atoms with E-state index in [1.807, 2.05) is 6.07 Å². The molecule has 2 rings (SSSR count). The monoisotopic (exact) mass is 333 g/mol. The van der Waals surface area contributed by atoms with E-state index in [0.29, 0.717) is 5.56 Å². The number of benzene rings is 1. The highest BCUT2D eigenvalue weighted by Gasteiger charge is 2.57. The molecular formula is C18H25N2O4. The first-order valence-electron chi connectivity index (χ1n) is 7.98. The number of carbonyl (C=O) groups excluding carboxylic acids is 2. The number of ether oxygens (including phenoxy) is 1. The van der Waals surface area contributed by atoms with Crippen LogP contribution in [0, 0.1) is 0 Å². The molecule has 1 aliphatic rings. The number of hydrogen-bond acceptors (Lipinski definition) is 4. The third-order valence-electron chi connectivity index (χ3n) is 4.53. The lowest BCUT2D eigenvalue weighted by molar-refractivity contribution is -0.296. The first-order valence-corrected chi connectivity index (χ1v) is 7.98. The lowest BCUT2D eigenvalue weighted by Crippen LogP contribution is -2.70. The first-order chi connectivity index (χ1) is 11.0. The summed E-state index contributed by atoms with van der Waals surface area (Å²) >= 11 is 0. The molecule has 1 amide bonds. The van der Waals surface area contributed by atoms with Crippen molar-refractivity contribution in [1.82, 2.24) is 10.4 Å². The summed E-state index contributed by atoms with van der Waals surface area (Å²) in [6.45, 7) is 7.08. The van der Waals surface area contributed by atoms with Crippen LogP contribution in [-0.4, -0.2) is 40.7 Å². The number of esters is 1. The second-order valence-electron chi connectivity index (χ2n) is 7.67. The van der Waals surface area contributed by atoms with E-state index >= 15 is 0 Å². The summed E-state index contributed by atoms with van der Waals surface area (Å²) < 4.78 is 4.98. The lowest BCUT2D eigenvalue weighted by atomic mass is 9.70. The summed E-state index contributed by atoms with van der Waals surface area (Å²) in [5.41, 5.74) is -2.42. The SMILES string of the molecule is COC(=O)C1(NC(=O)c2ccccc2)CC(C)(C)N([O])C(C)(C)C1. The molecule has 6 heteroatoms. The van der Waals surface area contributed by atoms with Crippen LogP contribution in [0.5, 0.6) is 0 Å². The molecule has 0 unspecified atom stereocenters. The van der Waals surface area contributed by atoms with Crippen molar-refractivity contribution in [2.24, 2.45) is 0 Å². The summed E-state index contributed by atoms with van der Waals surface area (Å²) in [5, 5.41) is 16.4. The van der Waals surface area contributed by atoms with Crippen LogP contribution < -0.4 is 5.32 Å². The van der Waals surface area contributed by atoms with Gasteiger partial charge in [0.1, 0.15) is 5.54 Å². The molecule has 131 valence electrons. The summed E-state index contributed by atoms with van der Waals surface area (Å²) in [6, 6.07) is 8.69. The highest BCUT2D eigenvalue weighted by Crippen LogP contribution is 2.43. The molecule has 1 radical (unpaired) electrons. The van der Waals surface area contributed by atoms with E-state index in [9.17, 15) is 14.8 Å². The van der Waals surface area contributed by atoms with Crippen LogP contribution in [0.15, 0.2) is 30.3 Å². The number of hydrogen-bond donors (Lipinski definition) is 1. The second-order valence-corrected chi connectivity index (χ2v) is 7.67. The Balaban J connectivity index is 2.41. The van der Waals surface area contributed by atoms with Crippen LogP contribution in [0.2, 0.25) is 0 Å². The fourth-order valence-electron chi connectivity index (χ4n) is 3.86. The van der Waals surface area contributed by atoms with Gasteiger partial charge in [-0.1, -0.05) is 18.2 Å². The highest BCUT2D eigenvalue weighted by atomic mass is 16.5. The van der Waals surface area contributed by atoms with E-state index in [1.54, 1.807) is 52.0 Å². The minimum Gasteiger partial charge on any atom is -0.467 e. The van der Waals surface area contributed by atoms with E-state index in [1.165, 1.54) is 7.11 Å². The average Bonchev–Trinajstić information content (AvgIpc) is 2.52. The number of piperidine rings is 1. The minimum atomic E-state index is -1.24. The number of rotatable bonds is 3. The van der Waals surface area contributed by atoms with Gasteiger partial charge in [0.15, 0.2) is 0 Å². The van der Waals surface area contributed by atoms with Gasteiger partial charge in [0.05, 0.1) is 7.11 Å². The predicted octanol–water partition coefficient (Wildman–Crippen LogP) is 2.33. The van der Waals surface area contributed by atoms with Gasteiger partial charge in [-0.05, 0) is 39.8 Å². The smallest absolute Gasteiger partial charge is 0.331 e. The van der Waals surface area contributed by atoms with Gasteiger partial charge in [0.25, 0.3) is 5.91 Å². The highest BCUT2D eigenvalue weighted by molar-refractivity contribution is 5.98. The van der Waals surface area contributed by atoms with Gasteiger partial charge in [-0.15, -0.1) is 10.3 Å². The largest absolute Gasteiger partial charge is 0.467 e. The average molecular weight is 333 g/mol. The number of amides is 1. The maximum Gasteiger partial charge on any atom is 0.331 e. The summed E-state index contributed by atoms with van der Waals surface area (Å²) in [7, 11) is 1.29. The molecule has 6 nitrogen and oxygen atoms in total. The maximum absolute atomic E-state index is 12.6. The maximum atomic E-state index is 12.6. The standard InChI is InChI=1S/C18H25N2O4/c1-16(2)11-18(15(22)24-5,12-17(3,4)20(16)23)19-14(21)13-9-7-6-8-10-13/h6-10H,11-12H2,1-5H3,(H,19,21). The zero-order valence-electron chi connectivity index (χ0n) is 14.9. The molecule has 1 N–H and O–H groups in total. The van der Waals surface area contributed by atoms with E-state index in [0.717, 1.165) is 5.06 Å². The Morgan fingerprint density at radius 1 is 1.04 bits per heavy atom. The summed E-state index contributed by atoms with van der Waals surface area (Å²) in [5.74, 6) is -0.881. The molecule has 1 saturated heterocycles. The molecular weight excluding hydrogens is 308 g/mol. The van der Waals surface area contributed by atoms with E-state index in [-0.39, 0.29) is 18.7 Å². The second kappa shape index (κ2) is 6.18. The predicted molar refractivity (Wildman–Crippen MR) is 88.6 cm³/mol. The summed E-state index contributed by atoms with van der Waals surface area (Å²) in [6.07, 6.45) is 0.357. The number of nitrogens with one attached hydrogen (secondary N) is 1. The van der Waals surface area contributed by atoms with Crippen molar-refractivity contribution in [3.8, 4) is 0 Å². The van der Waals surface area contributed by atoms with Crippen molar-refractivity contribution >= 4 is 11.9 Å². The van der Waals surface area contributed by atoms with Crippen LogP contribution in [0.3, 0.4) is 0 Å². The van der Waals surface area contributed by atoms with Crippen molar-refractivity contribution in [3.05, 3.63) is 35.9 Å². The van der Waals surface area contributed by atoms with Gasteiger partial charge in [-0.25, -0.2) is 4.79 Å². The van der Waals surface area contributed by atoms with Gasteiger partial charge < -0.3 is 10.1 Å². The van der Waals surface area contributed by atoms with Crippen LogP contribution >= 0.6 is 0 Å². The summed E-state index contributed by atoms with van der Waals surface area (Å²) in [4.78, 5) is 25.2. The minimum absolute atomic E-state index is 0.179. The van der Waals surface area contributed by atoms with Crippen LogP contribution in [-0.2, 0) is 14.7 Å². The van der Waals surface area contributed by atoms with E-state index in [2.05, 4.69) is 5.32 Å². The molecule has 24 heavy (non-hydrogen) atoms. The van der Waals surface area contributed by atoms with Crippen LogP contribution in [0.1, 0.15) is 50.9 Å². The molecule has 1 fully saturated rings. The van der Waals surface area contributed by atoms with Crippen LogP contribution in [0.4, 0.5) is 0 Å². The molecule has 0 atom stereocenters. The van der Waals surface area contributed by atoms with E-state index in [4.69, 9.17) is 4.74 Å². The Bertz CT molecular complexity index is 607. The van der Waals surface area contributed by atoms with Gasteiger partial charge in [-0.3, -0.25) is 4.79 Å². The molecule has 0 spiro atoms. The Morgan fingerprint density at radius 2 is 1.54 bits per heavy atom. The number of carbonyl (C=O) groups is 2. The molecule has 1 aromatic carbocycles. The quantitative estimate of drug-likeness (QED) is 0.861. The Hall–Kier alpha value is -1.92. The van der Waals surface area contributed by atoms with Gasteiger partial charge in [-0.2, -0.15) is 0 Å². The Kier molecular flexibility index (Phi) is 4.74. The van der Waals surface area contributed by atoms with Crippen molar-refractivity contribution in [2.75, 3.05) is 7.11 Å². The molecule has 0 aliphatic carbocycles. The zero-order chi connectivity index (χ0) is 18.2. The fraction of sp³-hybridized carbons (Fsp3) is 0.556. The molecule has 1 aromatic rings. The van der Waals surface area contributed by atoms with Crippen LogP contribution in [0.25, 0.3) is 0 Å². The lowest BCUT2D eigenvalue weighted by Gasteiger charge is -2.54. The Morgan fingerprint density at radius 3 is 2.00 bits per heavy atom. The van der Waals surface area contributed by atoms with Gasteiger partial charge in [0, 0.05) is 29.5 Å². The first kappa shape index (κ1) is 18.4. The number of methoxy groups -OCH3 is 1. The third kappa shape index (κ3) is 3.30. The van der Waals surface area contributed by atoms with Crippen molar-refractivity contribution in [2.45, 2.75) is 57.2 Å².